The number of aliphatic hydroxyl groups excluding tert-OH is 1. The molecule has 0 aliphatic carbocycles. The lowest BCUT2D eigenvalue weighted by Crippen LogP contribution is -2.41. The van der Waals surface area contributed by atoms with Gasteiger partial charge in [-0.25, -0.2) is 23.8 Å². The molecule has 1 fully saturated rings. The minimum Gasteiger partial charge on any atom is -0.480 e. The molecule has 16 nitrogen and oxygen atoms in total. The monoisotopic (exact) mass is 597 g/mol. The number of hydrogen-bond acceptors (Lipinski definition) is 14. The molecule has 0 bridgehead atoms. The molecule has 0 aromatic carbocycles. The summed E-state index contributed by atoms with van der Waals surface area (Å²) < 4.78 is 66.1. The Hall–Kier alpha value is -2.82. The maximum Gasteiger partial charge on any atom is 0.510 e. The summed E-state index contributed by atoms with van der Waals surface area (Å²) in [6.07, 6.45) is -6.74. The molecule has 2 heterocycles. The second kappa shape index (κ2) is 13.7. The number of nitrogens with zero attached hydrogens (tertiary/aromatic N) is 2. The lowest BCUT2D eigenvalue weighted by molar-refractivity contribution is -0.149. The third-order valence-corrected chi connectivity index (χ3v) is 7.27. The van der Waals surface area contributed by atoms with Gasteiger partial charge < -0.3 is 34.5 Å². The number of esters is 1. The summed E-state index contributed by atoms with van der Waals surface area (Å²) in [6.45, 7) is 7.67. The van der Waals surface area contributed by atoms with Crippen molar-refractivity contribution in [1.29, 1.82) is 5.41 Å². The number of carbonyl (C=O) groups excluding carboxylic acids is 2. The van der Waals surface area contributed by atoms with E-state index in [-0.39, 0.29) is 24.0 Å². The van der Waals surface area contributed by atoms with Crippen molar-refractivity contribution in [3.63, 3.8) is 0 Å². The van der Waals surface area contributed by atoms with Crippen LogP contribution in [-0.4, -0.2) is 89.3 Å². The maximum atomic E-state index is 15.7. The summed E-state index contributed by atoms with van der Waals surface area (Å²) in [7, 11) is -3.29. The van der Waals surface area contributed by atoms with Crippen molar-refractivity contribution in [2.75, 3.05) is 26.1 Å². The molecule has 1 aromatic heterocycles. The van der Waals surface area contributed by atoms with Crippen molar-refractivity contribution >= 4 is 31.6 Å². The Morgan fingerprint density at radius 2 is 2.00 bits per heavy atom. The Balaban J connectivity index is 2.24. The number of alkyl halides is 1. The molecule has 18 heteroatoms. The van der Waals surface area contributed by atoms with Gasteiger partial charge >= 0.3 is 19.9 Å². The first-order chi connectivity index (χ1) is 18.6. The molecule has 1 saturated heterocycles. The number of rotatable bonds is 13. The summed E-state index contributed by atoms with van der Waals surface area (Å²) in [4.78, 5) is 27.9. The van der Waals surface area contributed by atoms with Crippen LogP contribution in [0, 0.1) is 5.41 Å². The van der Waals surface area contributed by atoms with Crippen molar-refractivity contribution < 1.29 is 56.4 Å². The molecule has 0 amide bonds. The number of nitrogen functional groups attached to an aromatic ring is 1. The SMILES string of the molecule is CCOC(=O)OC(C)OP(=O)(NC(C)C(=O)OC(C)C)OCC1OC(n2cnc(C(=N)OC)c2N)C(C)(F)C1O. The molecule has 0 saturated carbocycles. The average Bonchev–Trinajstić information content (AvgIpc) is 3.32. The van der Waals surface area contributed by atoms with Crippen molar-refractivity contribution in [2.24, 2.45) is 0 Å². The van der Waals surface area contributed by atoms with Gasteiger partial charge in [-0.2, -0.15) is 0 Å². The Morgan fingerprint density at radius 1 is 1.35 bits per heavy atom. The Bertz CT molecular complexity index is 1100. The molecule has 0 radical (unpaired) electrons. The summed E-state index contributed by atoms with van der Waals surface area (Å²) >= 11 is 0. The van der Waals surface area contributed by atoms with Gasteiger partial charge in [0.2, 0.25) is 12.2 Å². The zero-order chi connectivity index (χ0) is 30.4. The molecular formula is C22H37FN5O11P. The number of anilines is 1. The standard InChI is InChI=1S/C22H37FN5O11P/c1-8-34-21(31)37-13(5)39-40(32,27-12(4)19(30)36-11(2)3)35-9-14-16(29)22(6,23)20(38-14)28-10-26-15(17(28)24)18(25)33-7/h10-14,16,20,25,29H,8-9,24H2,1-7H3,(H,27,32). The summed E-state index contributed by atoms with van der Waals surface area (Å²) in [5.74, 6) is -1.32. The molecule has 1 aliphatic rings. The molecule has 1 aliphatic heterocycles. The number of nitrogens with two attached hydrogens (primary N) is 1. The minimum absolute atomic E-state index is 0.00560. The summed E-state index contributed by atoms with van der Waals surface area (Å²) in [5, 5.41) is 20.8. The fraction of sp³-hybridized carbons (Fsp3) is 0.727. The first kappa shape index (κ1) is 33.4. The van der Waals surface area contributed by atoms with E-state index in [0.717, 1.165) is 17.8 Å². The lowest BCUT2D eigenvalue weighted by atomic mass is 9.98. The van der Waals surface area contributed by atoms with E-state index in [1.165, 1.54) is 21.0 Å². The van der Waals surface area contributed by atoms with Gasteiger partial charge in [-0.3, -0.25) is 23.8 Å². The van der Waals surface area contributed by atoms with E-state index in [1.54, 1.807) is 20.8 Å². The number of imidazole rings is 1. The number of carbonyl (C=O) groups is 2. The number of hydrogen-bond donors (Lipinski definition) is 4. The molecule has 0 spiro atoms. The fourth-order valence-corrected chi connectivity index (χ4v) is 5.13. The van der Waals surface area contributed by atoms with Gasteiger partial charge in [-0.15, -0.1) is 0 Å². The minimum atomic E-state index is -4.52. The van der Waals surface area contributed by atoms with Crippen molar-refractivity contribution in [2.45, 2.75) is 84.1 Å². The summed E-state index contributed by atoms with van der Waals surface area (Å²) in [5.41, 5.74) is 3.47. The van der Waals surface area contributed by atoms with E-state index < -0.39 is 69.0 Å². The highest BCUT2D eigenvalue weighted by Gasteiger charge is 2.56. The highest BCUT2D eigenvalue weighted by molar-refractivity contribution is 7.51. The van der Waals surface area contributed by atoms with Crippen LogP contribution in [0.2, 0.25) is 0 Å². The second-order valence-corrected chi connectivity index (χ2v) is 10.9. The van der Waals surface area contributed by atoms with Gasteiger partial charge in [0.15, 0.2) is 17.6 Å². The molecule has 7 atom stereocenters. The molecule has 5 N–H and O–H groups in total. The normalized spacial score (nSPS) is 25.6. The lowest BCUT2D eigenvalue weighted by Gasteiger charge is -2.26. The Kier molecular flexibility index (Phi) is 11.4. The smallest absolute Gasteiger partial charge is 0.480 e. The van der Waals surface area contributed by atoms with Crippen LogP contribution in [0.25, 0.3) is 0 Å². The number of ether oxygens (including phenoxy) is 5. The molecule has 2 rings (SSSR count). The predicted molar refractivity (Wildman–Crippen MR) is 136 cm³/mol. The van der Waals surface area contributed by atoms with Crippen LogP contribution in [0.3, 0.4) is 0 Å². The zero-order valence-corrected chi connectivity index (χ0v) is 24.2. The van der Waals surface area contributed by atoms with Crippen LogP contribution in [0.4, 0.5) is 15.0 Å². The van der Waals surface area contributed by atoms with Crippen LogP contribution >= 0.6 is 7.75 Å². The highest BCUT2D eigenvalue weighted by atomic mass is 31.2. The molecule has 1 aromatic rings. The van der Waals surface area contributed by atoms with Crippen molar-refractivity contribution in [3.05, 3.63) is 12.0 Å². The zero-order valence-electron chi connectivity index (χ0n) is 23.3. The number of nitrogens with one attached hydrogen (secondary N) is 2. The van der Waals surface area contributed by atoms with Gasteiger partial charge in [-0.1, -0.05) is 0 Å². The average molecular weight is 598 g/mol. The molecule has 7 unspecified atom stereocenters. The van der Waals surface area contributed by atoms with Gasteiger partial charge in [0.25, 0.3) is 0 Å². The second-order valence-electron chi connectivity index (χ2n) is 9.15. The van der Waals surface area contributed by atoms with Crippen LogP contribution in [0.15, 0.2) is 6.33 Å². The molecular weight excluding hydrogens is 560 g/mol. The number of aliphatic hydroxyl groups is 1. The topological polar surface area (TPSA) is 216 Å². The Morgan fingerprint density at radius 3 is 2.58 bits per heavy atom. The van der Waals surface area contributed by atoms with Crippen molar-refractivity contribution in [1.82, 2.24) is 14.6 Å². The van der Waals surface area contributed by atoms with Crippen LogP contribution in [-0.2, 0) is 42.1 Å². The number of aromatic nitrogens is 2. The van der Waals surface area contributed by atoms with Gasteiger partial charge in [0, 0.05) is 0 Å². The van der Waals surface area contributed by atoms with Crippen LogP contribution in [0.1, 0.15) is 53.5 Å². The third-order valence-electron chi connectivity index (χ3n) is 5.50. The van der Waals surface area contributed by atoms with E-state index in [4.69, 9.17) is 39.1 Å². The number of methoxy groups -OCH3 is 1. The third kappa shape index (κ3) is 8.11. The summed E-state index contributed by atoms with van der Waals surface area (Å²) in [6, 6.07) is -1.23. The predicted octanol–water partition coefficient (Wildman–Crippen LogP) is 2.01. The first-order valence-corrected chi connectivity index (χ1v) is 13.8. The van der Waals surface area contributed by atoms with Gasteiger partial charge in [-0.05, 0) is 41.5 Å². The van der Waals surface area contributed by atoms with E-state index in [9.17, 15) is 19.3 Å². The van der Waals surface area contributed by atoms with Gasteiger partial charge in [0.1, 0.15) is 24.1 Å². The quantitative estimate of drug-likeness (QED) is 0.0841. The first-order valence-electron chi connectivity index (χ1n) is 12.3. The fourth-order valence-electron chi connectivity index (χ4n) is 3.58. The largest absolute Gasteiger partial charge is 0.510 e. The highest BCUT2D eigenvalue weighted by Crippen LogP contribution is 2.48. The van der Waals surface area contributed by atoms with E-state index in [2.05, 4.69) is 14.8 Å². The Labute approximate surface area is 230 Å². The van der Waals surface area contributed by atoms with Crippen molar-refractivity contribution in [3.8, 4) is 0 Å². The van der Waals surface area contributed by atoms with E-state index in [1.807, 2.05) is 0 Å². The van der Waals surface area contributed by atoms with Crippen LogP contribution in [0.5, 0.6) is 0 Å². The van der Waals surface area contributed by atoms with Gasteiger partial charge in [0.05, 0.1) is 32.8 Å². The molecule has 40 heavy (non-hydrogen) atoms. The van der Waals surface area contributed by atoms with E-state index in [0.29, 0.717) is 0 Å². The van der Waals surface area contributed by atoms with E-state index >= 15 is 4.39 Å². The molecule has 228 valence electrons. The van der Waals surface area contributed by atoms with Crippen LogP contribution < -0.4 is 10.8 Å². The maximum absolute atomic E-state index is 15.7. The number of halogens is 1.